The van der Waals surface area contributed by atoms with Crippen molar-refractivity contribution in [2.24, 2.45) is 10.8 Å². The molecule has 0 aromatic rings. The first kappa shape index (κ1) is 7.20. The Kier molecular flexibility index (Phi) is 2.23. The predicted octanol–water partition coefficient (Wildman–Crippen LogP) is -0.0876. The van der Waals surface area contributed by atoms with Crippen molar-refractivity contribution < 1.29 is 0 Å². The minimum absolute atomic E-state index is 0.225. The van der Waals surface area contributed by atoms with E-state index in [1.807, 2.05) is 6.26 Å². The van der Waals surface area contributed by atoms with Crippen molar-refractivity contribution >= 4 is 30.9 Å². The Labute approximate surface area is 63.6 Å². The van der Waals surface area contributed by atoms with E-state index in [2.05, 4.69) is 17.6 Å². The lowest BCUT2D eigenvalue weighted by molar-refractivity contribution is 0.156. The standard InChI is InChI=1S/C3H8N4S2/c1-9-6-2-5-3(8)7(6)4/h2-3,8H,4H2,1H3. The van der Waals surface area contributed by atoms with E-state index in [-0.39, 0.29) is 5.50 Å². The van der Waals surface area contributed by atoms with Crippen molar-refractivity contribution in [3.63, 3.8) is 0 Å². The molecule has 6 heteroatoms. The third-order valence-electron chi connectivity index (χ3n) is 0.950. The molecule has 0 fully saturated rings. The van der Waals surface area contributed by atoms with E-state index >= 15 is 0 Å². The fraction of sp³-hybridized carbons (Fsp3) is 0.667. The van der Waals surface area contributed by atoms with E-state index in [9.17, 15) is 0 Å². The molecule has 1 rings (SSSR count). The summed E-state index contributed by atoms with van der Waals surface area (Å²) >= 11 is 5.53. The van der Waals surface area contributed by atoms with E-state index in [0.717, 1.165) is 0 Å². The van der Waals surface area contributed by atoms with Gasteiger partial charge in [-0.2, -0.15) is 0 Å². The van der Waals surface area contributed by atoms with Crippen LogP contribution in [0, 0.1) is 0 Å². The number of hydrazine groups is 2. The normalized spacial score (nSPS) is 27.9. The van der Waals surface area contributed by atoms with Gasteiger partial charge in [0.15, 0.2) is 5.50 Å². The third kappa shape index (κ3) is 1.32. The molecule has 1 atom stereocenters. The highest BCUT2D eigenvalue weighted by Crippen LogP contribution is 2.15. The maximum Gasteiger partial charge on any atom is 0.180 e. The Morgan fingerprint density at radius 3 is 2.78 bits per heavy atom. The molecule has 0 aromatic heterocycles. The van der Waals surface area contributed by atoms with E-state index < -0.39 is 0 Å². The minimum atomic E-state index is -0.225. The number of aliphatic imine (C=N–C) groups is 1. The zero-order valence-electron chi connectivity index (χ0n) is 4.93. The third-order valence-corrected chi connectivity index (χ3v) is 1.98. The van der Waals surface area contributed by atoms with Crippen LogP contribution in [0.5, 0.6) is 0 Å². The van der Waals surface area contributed by atoms with Gasteiger partial charge in [-0.1, -0.05) is 0 Å². The van der Waals surface area contributed by atoms with Crippen LogP contribution in [0.2, 0.25) is 0 Å². The van der Waals surface area contributed by atoms with Crippen molar-refractivity contribution in [2.45, 2.75) is 5.50 Å². The average Bonchev–Trinajstić information content (AvgIpc) is 2.15. The lowest BCUT2D eigenvalue weighted by Gasteiger charge is -2.21. The van der Waals surface area contributed by atoms with Gasteiger partial charge in [0.1, 0.15) is 6.34 Å². The summed E-state index contributed by atoms with van der Waals surface area (Å²) in [6.45, 7) is 0. The SMILES string of the molecule is CSN1C=NC(S)N1N. The Morgan fingerprint density at radius 2 is 2.56 bits per heavy atom. The molecule has 9 heavy (non-hydrogen) atoms. The molecular formula is C3H8N4S2. The molecular weight excluding hydrogens is 156 g/mol. The van der Waals surface area contributed by atoms with Gasteiger partial charge in [0.25, 0.3) is 0 Å². The van der Waals surface area contributed by atoms with Gasteiger partial charge in [0, 0.05) is 6.26 Å². The zero-order chi connectivity index (χ0) is 6.85. The molecule has 0 radical (unpaired) electrons. The lowest BCUT2D eigenvalue weighted by atomic mass is 11.1. The summed E-state index contributed by atoms with van der Waals surface area (Å²) in [7, 11) is 0. The highest BCUT2D eigenvalue weighted by molar-refractivity contribution is 7.96. The minimum Gasteiger partial charge on any atom is -0.247 e. The van der Waals surface area contributed by atoms with Crippen LogP contribution in [0.15, 0.2) is 4.99 Å². The smallest absolute Gasteiger partial charge is 0.180 e. The molecule has 0 saturated carbocycles. The molecule has 2 N–H and O–H groups in total. The highest BCUT2D eigenvalue weighted by atomic mass is 32.2. The van der Waals surface area contributed by atoms with Crippen LogP contribution < -0.4 is 5.84 Å². The van der Waals surface area contributed by atoms with Crippen LogP contribution in [0.4, 0.5) is 0 Å². The van der Waals surface area contributed by atoms with Crippen molar-refractivity contribution in [3.05, 3.63) is 0 Å². The van der Waals surface area contributed by atoms with Gasteiger partial charge in [0.2, 0.25) is 0 Å². The fourth-order valence-electron chi connectivity index (χ4n) is 0.488. The molecule has 1 aliphatic rings. The molecule has 1 aliphatic heterocycles. The summed E-state index contributed by atoms with van der Waals surface area (Å²) in [5.41, 5.74) is -0.225. The van der Waals surface area contributed by atoms with Crippen LogP contribution in [0.25, 0.3) is 0 Å². The summed E-state index contributed by atoms with van der Waals surface area (Å²) in [6.07, 6.45) is 3.56. The number of nitrogens with zero attached hydrogens (tertiary/aromatic N) is 3. The Bertz CT molecular complexity index is 127. The van der Waals surface area contributed by atoms with E-state index in [4.69, 9.17) is 5.84 Å². The quantitative estimate of drug-likeness (QED) is 0.323. The van der Waals surface area contributed by atoms with Crippen molar-refractivity contribution in [1.29, 1.82) is 0 Å². The molecule has 0 saturated heterocycles. The second-order valence-corrected chi connectivity index (χ2v) is 2.68. The molecule has 4 nitrogen and oxygen atoms in total. The molecule has 0 spiro atoms. The summed E-state index contributed by atoms with van der Waals surface area (Å²) in [6, 6.07) is 0. The van der Waals surface area contributed by atoms with Gasteiger partial charge in [-0.25, -0.2) is 15.2 Å². The van der Waals surface area contributed by atoms with Crippen LogP contribution in [0.3, 0.4) is 0 Å². The summed E-state index contributed by atoms with van der Waals surface area (Å²) < 4.78 is 1.71. The van der Waals surface area contributed by atoms with Crippen molar-refractivity contribution in [2.75, 3.05) is 6.26 Å². The van der Waals surface area contributed by atoms with E-state index in [1.54, 1.807) is 10.8 Å². The van der Waals surface area contributed by atoms with Crippen LogP contribution in [-0.2, 0) is 0 Å². The Hall–Kier alpha value is 0.0900. The molecule has 0 aliphatic carbocycles. The van der Waals surface area contributed by atoms with Gasteiger partial charge in [-0.3, -0.25) is 0 Å². The second-order valence-electron chi connectivity index (χ2n) is 1.48. The molecule has 1 unspecified atom stereocenters. The highest BCUT2D eigenvalue weighted by Gasteiger charge is 2.20. The summed E-state index contributed by atoms with van der Waals surface area (Å²) in [5.74, 6) is 5.47. The van der Waals surface area contributed by atoms with Crippen molar-refractivity contribution in [3.8, 4) is 0 Å². The molecule has 52 valence electrons. The van der Waals surface area contributed by atoms with Crippen LogP contribution in [0.1, 0.15) is 0 Å². The van der Waals surface area contributed by atoms with Gasteiger partial charge in [0.05, 0.1) is 0 Å². The van der Waals surface area contributed by atoms with Crippen LogP contribution >= 0.6 is 24.6 Å². The number of thiol groups is 1. The zero-order valence-corrected chi connectivity index (χ0v) is 6.64. The summed E-state index contributed by atoms with van der Waals surface area (Å²) in [5, 5.41) is 1.44. The second kappa shape index (κ2) is 2.78. The summed E-state index contributed by atoms with van der Waals surface area (Å²) in [4.78, 5) is 3.91. The first-order chi connectivity index (χ1) is 4.25. The average molecular weight is 164 g/mol. The van der Waals surface area contributed by atoms with Gasteiger partial charge in [-0.05, 0) is 11.9 Å². The first-order valence-electron chi connectivity index (χ1n) is 2.34. The lowest BCUT2D eigenvalue weighted by Crippen LogP contribution is -2.41. The topological polar surface area (TPSA) is 44.9 Å². The number of rotatable bonds is 1. The van der Waals surface area contributed by atoms with Crippen LogP contribution in [-0.4, -0.2) is 27.6 Å². The first-order valence-corrected chi connectivity index (χ1v) is 4.04. The molecule has 0 bridgehead atoms. The molecule has 1 heterocycles. The van der Waals surface area contributed by atoms with Crippen molar-refractivity contribution in [1.82, 2.24) is 9.53 Å². The van der Waals surface area contributed by atoms with E-state index in [1.165, 1.54) is 17.1 Å². The Morgan fingerprint density at radius 1 is 1.89 bits per heavy atom. The maximum atomic E-state index is 5.47. The number of hydrogen-bond donors (Lipinski definition) is 2. The predicted molar refractivity (Wildman–Crippen MR) is 42.6 cm³/mol. The molecule has 0 amide bonds. The number of hydrogen-bond acceptors (Lipinski definition) is 6. The number of nitrogens with two attached hydrogens (primary N) is 1. The van der Waals surface area contributed by atoms with E-state index in [0.29, 0.717) is 0 Å². The largest absolute Gasteiger partial charge is 0.247 e. The molecule has 0 aromatic carbocycles. The monoisotopic (exact) mass is 164 g/mol. The van der Waals surface area contributed by atoms with Gasteiger partial charge >= 0.3 is 0 Å². The maximum absolute atomic E-state index is 5.47. The fourth-order valence-corrected chi connectivity index (χ4v) is 1.16. The van der Waals surface area contributed by atoms with Gasteiger partial charge in [-0.15, -0.1) is 17.7 Å². The van der Waals surface area contributed by atoms with Gasteiger partial charge < -0.3 is 0 Å². The Balaban J connectivity index is 2.51.